The lowest BCUT2D eigenvalue weighted by Crippen LogP contribution is -2.19. The lowest BCUT2D eigenvalue weighted by atomic mass is 10.6. The van der Waals surface area contributed by atoms with Gasteiger partial charge < -0.3 is 5.11 Å². The number of nitrogens with one attached hydrogen (secondary N) is 1. The van der Waals surface area contributed by atoms with Gasteiger partial charge in [0.2, 0.25) is 0 Å². The van der Waals surface area contributed by atoms with Crippen LogP contribution >= 0.6 is 12.6 Å². The van der Waals surface area contributed by atoms with Crippen molar-refractivity contribution in [2.24, 2.45) is 0 Å². The number of aliphatic hydroxyl groups is 1. The Labute approximate surface area is 69.7 Å². The smallest absolute Gasteiger partial charge is 0.250 e. The highest BCUT2D eigenvalue weighted by Gasteiger charge is 2.06. The lowest BCUT2D eigenvalue weighted by molar-refractivity contribution is -0.123. The molecular formula is C6H9NO3S. The Morgan fingerprint density at radius 1 is 1.45 bits per heavy atom. The van der Waals surface area contributed by atoms with Crippen molar-refractivity contribution in [1.82, 2.24) is 5.32 Å². The highest BCUT2D eigenvalue weighted by atomic mass is 32.1. The lowest BCUT2D eigenvalue weighted by Gasteiger charge is -1.80. The Morgan fingerprint density at radius 3 is 1.82 bits per heavy atom. The Kier molecular flexibility index (Phi) is 4.56. The number of amides is 2. The van der Waals surface area contributed by atoms with Crippen LogP contribution in [0.4, 0.5) is 0 Å². The van der Waals surface area contributed by atoms with E-state index in [1.165, 1.54) is 12.2 Å². The number of rotatable bonds is 0. The summed E-state index contributed by atoms with van der Waals surface area (Å²) in [5.74, 6) is -0.657. The van der Waals surface area contributed by atoms with E-state index in [4.69, 9.17) is 5.11 Å². The van der Waals surface area contributed by atoms with Crippen molar-refractivity contribution in [3.8, 4) is 0 Å². The van der Waals surface area contributed by atoms with Crippen LogP contribution < -0.4 is 5.32 Å². The van der Waals surface area contributed by atoms with E-state index in [0.717, 1.165) is 0 Å². The molecule has 0 fully saturated rings. The summed E-state index contributed by atoms with van der Waals surface area (Å²) in [6.45, 7) is 1.59. The zero-order valence-corrected chi connectivity index (χ0v) is 6.84. The first kappa shape index (κ1) is 10.2. The van der Waals surface area contributed by atoms with Crippen LogP contribution in [0, 0.1) is 0 Å². The van der Waals surface area contributed by atoms with Crippen LogP contribution in [0.1, 0.15) is 6.92 Å². The highest BCUT2D eigenvalue weighted by Crippen LogP contribution is 1.82. The molecule has 0 bridgehead atoms. The Hall–Kier alpha value is -0.810. The van der Waals surface area contributed by atoms with Crippen LogP contribution in [-0.2, 0) is 9.59 Å². The summed E-state index contributed by atoms with van der Waals surface area (Å²) in [5, 5.41) is 9.95. The average molecular weight is 175 g/mol. The zero-order chi connectivity index (χ0) is 8.85. The Bertz CT molecular complexity index is 170. The second kappa shape index (κ2) is 4.92. The van der Waals surface area contributed by atoms with Gasteiger partial charge in [0.05, 0.1) is 5.44 Å². The molecule has 0 aromatic rings. The molecule has 0 spiro atoms. The Morgan fingerprint density at radius 2 is 1.73 bits per heavy atom. The van der Waals surface area contributed by atoms with E-state index < -0.39 is 5.44 Å². The van der Waals surface area contributed by atoms with E-state index in [0.29, 0.717) is 0 Å². The molecule has 0 saturated heterocycles. The second-order valence-electron chi connectivity index (χ2n) is 1.82. The molecule has 1 heterocycles. The van der Waals surface area contributed by atoms with Crippen molar-refractivity contribution in [1.29, 1.82) is 0 Å². The fourth-order valence-electron chi connectivity index (χ4n) is 0.356. The van der Waals surface area contributed by atoms with Gasteiger partial charge in [0.25, 0.3) is 11.8 Å². The number of carbonyl (C=O) groups is 2. The molecule has 0 aliphatic carbocycles. The molecule has 62 valence electrons. The number of imide groups is 1. The monoisotopic (exact) mass is 175 g/mol. The third-order valence-electron chi connectivity index (χ3n) is 0.632. The van der Waals surface area contributed by atoms with Crippen molar-refractivity contribution < 1.29 is 14.7 Å². The molecular weight excluding hydrogens is 166 g/mol. The van der Waals surface area contributed by atoms with Crippen molar-refractivity contribution in [3.05, 3.63) is 12.2 Å². The first-order valence-electron chi connectivity index (χ1n) is 2.91. The van der Waals surface area contributed by atoms with Gasteiger partial charge >= 0.3 is 0 Å². The van der Waals surface area contributed by atoms with E-state index in [-0.39, 0.29) is 11.8 Å². The van der Waals surface area contributed by atoms with Crippen LogP contribution in [0.5, 0.6) is 0 Å². The predicted octanol–water partition coefficient (Wildman–Crippen LogP) is -0.547. The van der Waals surface area contributed by atoms with Gasteiger partial charge in [-0.2, -0.15) is 0 Å². The average Bonchev–Trinajstić information content (AvgIpc) is 2.13. The standard InChI is InChI=1S/C4H3NO2.C2H6OS/c6-3-1-2-4(7)5-3;1-2(3)4/h1-2H,(H,5,6,7);2-4H,1H3. The third kappa shape index (κ3) is 7.08. The third-order valence-corrected chi connectivity index (χ3v) is 0.632. The number of aliphatic hydroxyl groups excluding tert-OH is 1. The van der Waals surface area contributed by atoms with Gasteiger partial charge in [0.1, 0.15) is 0 Å². The van der Waals surface area contributed by atoms with Gasteiger partial charge in [-0.1, -0.05) is 0 Å². The van der Waals surface area contributed by atoms with Gasteiger partial charge in [-0.15, -0.1) is 12.6 Å². The summed E-state index contributed by atoms with van der Waals surface area (Å²) in [5.41, 5.74) is -0.472. The first-order valence-corrected chi connectivity index (χ1v) is 3.43. The molecule has 1 rings (SSSR count). The highest BCUT2D eigenvalue weighted by molar-refractivity contribution is 7.80. The Balaban J connectivity index is 0.000000218. The minimum absolute atomic E-state index is 0.329. The van der Waals surface area contributed by atoms with Crippen molar-refractivity contribution in [2.75, 3.05) is 0 Å². The maximum absolute atomic E-state index is 10.0. The van der Waals surface area contributed by atoms with Gasteiger partial charge in [0.15, 0.2) is 0 Å². The van der Waals surface area contributed by atoms with Crippen LogP contribution in [0.2, 0.25) is 0 Å². The number of hydrogen-bond donors (Lipinski definition) is 3. The SMILES string of the molecule is CC(O)S.O=C1C=CC(=O)N1. The quantitative estimate of drug-likeness (QED) is 0.263. The molecule has 1 aliphatic rings. The predicted molar refractivity (Wildman–Crippen MR) is 43.0 cm³/mol. The minimum atomic E-state index is -0.472. The van der Waals surface area contributed by atoms with E-state index in [1.54, 1.807) is 6.92 Å². The molecule has 11 heavy (non-hydrogen) atoms. The molecule has 0 aromatic carbocycles. The van der Waals surface area contributed by atoms with Crippen molar-refractivity contribution in [2.45, 2.75) is 12.4 Å². The molecule has 1 aliphatic heterocycles. The van der Waals surface area contributed by atoms with Gasteiger partial charge in [-0.05, 0) is 6.92 Å². The summed E-state index contributed by atoms with van der Waals surface area (Å²) < 4.78 is 0. The van der Waals surface area contributed by atoms with Crippen LogP contribution in [-0.4, -0.2) is 22.4 Å². The second-order valence-corrected chi connectivity index (χ2v) is 2.57. The molecule has 5 heteroatoms. The van der Waals surface area contributed by atoms with Gasteiger partial charge in [-0.25, -0.2) is 0 Å². The topological polar surface area (TPSA) is 66.4 Å². The molecule has 0 aromatic heterocycles. The molecule has 2 amide bonds. The molecule has 1 atom stereocenters. The summed E-state index contributed by atoms with van der Waals surface area (Å²) in [7, 11) is 0. The largest absolute Gasteiger partial charge is 0.383 e. The molecule has 1 unspecified atom stereocenters. The maximum atomic E-state index is 10.0. The number of thiol groups is 1. The van der Waals surface area contributed by atoms with Gasteiger partial charge in [-0.3, -0.25) is 14.9 Å². The number of hydrogen-bond acceptors (Lipinski definition) is 4. The van der Waals surface area contributed by atoms with E-state index in [2.05, 4.69) is 12.6 Å². The molecule has 0 saturated carbocycles. The first-order chi connectivity index (χ1) is 5.02. The summed E-state index contributed by atoms with van der Waals surface area (Å²) in [4.78, 5) is 20.1. The molecule has 2 N–H and O–H groups in total. The molecule has 0 radical (unpaired) electrons. The van der Waals surface area contributed by atoms with Crippen molar-refractivity contribution >= 4 is 24.4 Å². The van der Waals surface area contributed by atoms with E-state index in [1.807, 2.05) is 5.32 Å². The summed E-state index contributed by atoms with van der Waals surface area (Å²) >= 11 is 3.52. The molecule has 4 nitrogen and oxygen atoms in total. The van der Waals surface area contributed by atoms with E-state index in [9.17, 15) is 9.59 Å². The number of carbonyl (C=O) groups excluding carboxylic acids is 2. The van der Waals surface area contributed by atoms with Crippen LogP contribution in [0.3, 0.4) is 0 Å². The van der Waals surface area contributed by atoms with Crippen LogP contribution in [0.15, 0.2) is 12.2 Å². The normalized spacial score (nSPS) is 17.0. The van der Waals surface area contributed by atoms with E-state index >= 15 is 0 Å². The minimum Gasteiger partial charge on any atom is -0.383 e. The fraction of sp³-hybridized carbons (Fsp3) is 0.333. The maximum Gasteiger partial charge on any atom is 0.250 e. The summed E-state index contributed by atoms with van der Waals surface area (Å²) in [6.07, 6.45) is 2.39. The summed E-state index contributed by atoms with van der Waals surface area (Å²) in [6, 6.07) is 0. The van der Waals surface area contributed by atoms with Crippen molar-refractivity contribution in [3.63, 3.8) is 0 Å². The fourth-order valence-corrected chi connectivity index (χ4v) is 0.356. The zero-order valence-electron chi connectivity index (χ0n) is 5.94. The van der Waals surface area contributed by atoms with Gasteiger partial charge in [0, 0.05) is 12.2 Å². The van der Waals surface area contributed by atoms with Crippen LogP contribution in [0.25, 0.3) is 0 Å².